The van der Waals surface area contributed by atoms with Crippen LogP contribution in [0.25, 0.3) is 0 Å². The molecule has 102 valence electrons. The first-order valence-corrected chi connectivity index (χ1v) is 7.77. The molecule has 1 nitrogen and oxygen atoms in total. The first-order valence-electron chi connectivity index (χ1n) is 6.96. The van der Waals surface area contributed by atoms with Crippen LogP contribution < -0.4 is 5.32 Å². The van der Waals surface area contributed by atoms with Gasteiger partial charge in [0.15, 0.2) is 0 Å². The fourth-order valence-electron chi connectivity index (χ4n) is 2.40. The van der Waals surface area contributed by atoms with Gasteiger partial charge in [-0.25, -0.2) is 0 Å². The molecule has 2 heteroatoms. The highest BCUT2D eigenvalue weighted by atomic mass is 32.1. The molecule has 0 fully saturated rings. The highest BCUT2D eigenvalue weighted by Crippen LogP contribution is 2.27. The van der Waals surface area contributed by atoms with Gasteiger partial charge in [0.25, 0.3) is 0 Å². The van der Waals surface area contributed by atoms with Gasteiger partial charge >= 0.3 is 0 Å². The number of hydrogen-bond acceptors (Lipinski definition) is 2. The van der Waals surface area contributed by atoms with Gasteiger partial charge in [-0.05, 0) is 57.0 Å². The van der Waals surface area contributed by atoms with Gasteiger partial charge in [0, 0.05) is 15.8 Å². The molecule has 0 saturated heterocycles. The van der Waals surface area contributed by atoms with E-state index in [9.17, 15) is 0 Å². The van der Waals surface area contributed by atoms with Crippen molar-refractivity contribution in [1.29, 1.82) is 0 Å². The lowest BCUT2D eigenvalue weighted by Gasteiger charge is -2.18. The maximum absolute atomic E-state index is 3.62. The van der Waals surface area contributed by atoms with Crippen LogP contribution in [0.4, 0.5) is 0 Å². The number of nitrogens with one attached hydrogen (secondary N) is 1. The largest absolute Gasteiger partial charge is 0.309 e. The molecule has 2 aromatic rings. The molecule has 1 heterocycles. The van der Waals surface area contributed by atoms with Crippen molar-refractivity contribution in [1.82, 2.24) is 5.32 Å². The topological polar surface area (TPSA) is 12.0 Å². The maximum Gasteiger partial charge on any atom is 0.0455 e. The molecule has 0 aliphatic carbocycles. The predicted molar refractivity (Wildman–Crippen MR) is 85.1 cm³/mol. The van der Waals surface area contributed by atoms with E-state index >= 15 is 0 Å². The van der Waals surface area contributed by atoms with Crippen molar-refractivity contribution in [2.45, 2.75) is 40.2 Å². The van der Waals surface area contributed by atoms with E-state index in [1.165, 1.54) is 26.4 Å². The van der Waals surface area contributed by atoms with Crippen molar-refractivity contribution in [2.24, 2.45) is 0 Å². The van der Waals surface area contributed by atoms with Crippen molar-refractivity contribution in [3.63, 3.8) is 0 Å². The van der Waals surface area contributed by atoms with E-state index in [1.807, 2.05) is 11.3 Å². The van der Waals surface area contributed by atoms with Crippen LogP contribution in [-0.4, -0.2) is 6.54 Å². The summed E-state index contributed by atoms with van der Waals surface area (Å²) in [6.45, 7) is 9.73. The fraction of sp³-hybridized carbons (Fsp3) is 0.412. The Kier molecular flexibility index (Phi) is 4.78. The summed E-state index contributed by atoms with van der Waals surface area (Å²) in [4.78, 5) is 2.83. The van der Waals surface area contributed by atoms with E-state index in [1.54, 1.807) is 0 Å². The summed E-state index contributed by atoms with van der Waals surface area (Å²) >= 11 is 1.90. The quantitative estimate of drug-likeness (QED) is 0.841. The van der Waals surface area contributed by atoms with E-state index in [4.69, 9.17) is 0 Å². The zero-order chi connectivity index (χ0) is 13.8. The second-order valence-electron chi connectivity index (χ2n) is 5.19. The molecule has 2 rings (SSSR count). The second-order valence-corrected chi connectivity index (χ2v) is 6.51. The van der Waals surface area contributed by atoms with Crippen molar-refractivity contribution in [3.05, 3.63) is 56.8 Å². The summed E-state index contributed by atoms with van der Waals surface area (Å²) in [5.41, 5.74) is 4.19. The molecule has 0 radical (unpaired) electrons. The van der Waals surface area contributed by atoms with Gasteiger partial charge in [-0.1, -0.05) is 30.7 Å². The lowest BCUT2D eigenvalue weighted by molar-refractivity contribution is 0.557. The molecule has 0 saturated carbocycles. The van der Waals surface area contributed by atoms with Crippen LogP contribution in [0.1, 0.15) is 39.4 Å². The van der Waals surface area contributed by atoms with Crippen LogP contribution in [0.2, 0.25) is 0 Å². The third kappa shape index (κ3) is 3.68. The van der Waals surface area contributed by atoms with Gasteiger partial charge in [0.1, 0.15) is 0 Å². The SMILES string of the molecule is CCNC(Cc1cc(C)ccc1C)c1ccc(C)s1. The minimum atomic E-state index is 0.434. The van der Waals surface area contributed by atoms with E-state index in [-0.39, 0.29) is 0 Å². The first-order chi connectivity index (χ1) is 9.10. The van der Waals surface area contributed by atoms with Crippen molar-refractivity contribution >= 4 is 11.3 Å². The Balaban J connectivity index is 2.23. The molecule has 1 aromatic carbocycles. The first kappa shape index (κ1) is 14.3. The van der Waals surface area contributed by atoms with E-state index in [2.05, 4.69) is 63.3 Å². The Morgan fingerprint density at radius 3 is 2.53 bits per heavy atom. The molecular weight excluding hydrogens is 250 g/mol. The van der Waals surface area contributed by atoms with Gasteiger partial charge in [-0.15, -0.1) is 11.3 Å². The third-order valence-corrected chi connectivity index (χ3v) is 4.60. The number of hydrogen-bond donors (Lipinski definition) is 1. The highest BCUT2D eigenvalue weighted by molar-refractivity contribution is 7.12. The maximum atomic E-state index is 3.62. The number of thiophene rings is 1. The predicted octanol–water partition coefficient (Wildman–Crippen LogP) is 4.57. The standard InChI is InChI=1S/C17H23NS/c1-5-18-16(17-9-8-14(4)19-17)11-15-10-12(2)6-7-13(15)3/h6-10,16,18H,5,11H2,1-4H3. The van der Waals surface area contributed by atoms with E-state index < -0.39 is 0 Å². The molecule has 0 bridgehead atoms. The third-order valence-electron chi connectivity index (χ3n) is 3.48. The molecule has 1 atom stereocenters. The normalized spacial score (nSPS) is 12.6. The van der Waals surface area contributed by atoms with Crippen LogP contribution >= 0.6 is 11.3 Å². The number of benzene rings is 1. The highest BCUT2D eigenvalue weighted by Gasteiger charge is 2.14. The van der Waals surface area contributed by atoms with E-state index in [0.29, 0.717) is 6.04 Å². The Hall–Kier alpha value is -1.12. The lowest BCUT2D eigenvalue weighted by Crippen LogP contribution is -2.22. The second kappa shape index (κ2) is 6.36. The molecule has 1 unspecified atom stereocenters. The summed E-state index contributed by atoms with van der Waals surface area (Å²) < 4.78 is 0. The van der Waals surface area contributed by atoms with Gasteiger partial charge in [-0.2, -0.15) is 0 Å². The molecule has 0 spiro atoms. The monoisotopic (exact) mass is 273 g/mol. The van der Waals surface area contributed by atoms with Gasteiger partial charge in [0.2, 0.25) is 0 Å². The molecule has 1 N–H and O–H groups in total. The number of aryl methyl sites for hydroxylation is 3. The summed E-state index contributed by atoms with van der Waals surface area (Å²) in [5.74, 6) is 0. The van der Waals surface area contributed by atoms with Crippen LogP contribution in [0.15, 0.2) is 30.3 Å². The number of rotatable bonds is 5. The molecule has 0 aliphatic heterocycles. The zero-order valence-electron chi connectivity index (χ0n) is 12.3. The number of likely N-dealkylation sites (N-methyl/N-ethyl adjacent to an activating group) is 1. The Labute approximate surface area is 120 Å². The Bertz CT molecular complexity index is 542. The average Bonchev–Trinajstić information content (AvgIpc) is 2.80. The summed E-state index contributed by atoms with van der Waals surface area (Å²) in [7, 11) is 0. The average molecular weight is 273 g/mol. The van der Waals surface area contributed by atoms with Crippen molar-refractivity contribution in [2.75, 3.05) is 6.54 Å². The minimum Gasteiger partial charge on any atom is -0.309 e. The van der Waals surface area contributed by atoms with Gasteiger partial charge < -0.3 is 5.32 Å². The van der Waals surface area contributed by atoms with Crippen LogP contribution in [0.3, 0.4) is 0 Å². The summed E-state index contributed by atoms with van der Waals surface area (Å²) in [6.07, 6.45) is 1.07. The minimum absolute atomic E-state index is 0.434. The smallest absolute Gasteiger partial charge is 0.0455 e. The van der Waals surface area contributed by atoms with Crippen molar-refractivity contribution in [3.8, 4) is 0 Å². The molecule has 0 aliphatic rings. The van der Waals surface area contributed by atoms with Gasteiger partial charge in [-0.3, -0.25) is 0 Å². The van der Waals surface area contributed by atoms with Gasteiger partial charge in [0.05, 0.1) is 0 Å². The summed E-state index contributed by atoms with van der Waals surface area (Å²) in [6, 6.07) is 11.7. The van der Waals surface area contributed by atoms with Crippen LogP contribution in [0.5, 0.6) is 0 Å². The Morgan fingerprint density at radius 1 is 1.11 bits per heavy atom. The molecule has 1 aromatic heterocycles. The molecule has 19 heavy (non-hydrogen) atoms. The van der Waals surface area contributed by atoms with Crippen LogP contribution in [-0.2, 0) is 6.42 Å². The van der Waals surface area contributed by atoms with Crippen LogP contribution in [0, 0.1) is 20.8 Å². The Morgan fingerprint density at radius 2 is 1.89 bits per heavy atom. The van der Waals surface area contributed by atoms with Crippen molar-refractivity contribution < 1.29 is 0 Å². The van der Waals surface area contributed by atoms with E-state index in [0.717, 1.165) is 13.0 Å². The summed E-state index contributed by atoms with van der Waals surface area (Å²) in [5, 5.41) is 3.62. The lowest BCUT2D eigenvalue weighted by atomic mass is 9.98. The zero-order valence-corrected chi connectivity index (χ0v) is 13.1. The molecular formula is C17H23NS. The molecule has 0 amide bonds. The fourth-order valence-corrected chi connectivity index (χ4v) is 3.35.